The van der Waals surface area contributed by atoms with E-state index in [1.165, 1.54) is 4.90 Å². The fraction of sp³-hybridized carbons (Fsp3) is 0.300. The van der Waals surface area contributed by atoms with Crippen LogP contribution in [0.4, 0.5) is 0 Å². The van der Waals surface area contributed by atoms with Gasteiger partial charge in [0.25, 0.3) is 5.91 Å². The molecule has 1 aliphatic rings. The standard InChI is InChI=1S/C20H22N2O3S/c1-26-18-5-3-2-4-16(18)14-6-8-15(9-7-14)20(25)22-12-11-21-19(24)17(22)10-13-23/h2-9,17,23H,10-13H2,1H3,(H,21,24)/t17-/m0/s1. The number of carbonyl (C=O) groups is 2. The first-order valence-corrected chi connectivity index (χ1v) is 9.81. The maximum Gasteiger partial charge on any atom is 0.254 e. The lowest BCUT2D eigenvalue weighted by Gasteiger charge is -2.34. The Kier molecular flexibility index (Phi) is 5.96. The van der Waals surface area contributed by atoms with E-state index in [1.54, 1.807) is 28.8 Å². The summed E-state index contributed by atoms with van der Waals surface area (Å²) in [6.07, 6.45) is 2.29. The van der Waals surface area contributed by atoms with Crippen LogP contribution in [0.15, 0.2) is 53.4 Å². The second kappa shape index (κ2) is 8.38. The Morgan fingerprint density at radius 2 is 1.96 bits per heavy atom. The van der Waals surface area contributed by atoms with Crippen molar-refractivity contribution in [2.24, 2.45) is 0 Å². The molecule has 1 heterocycles. The van der Waals surface area contributed by atoms with Gasteiger partial charge in [0.05, 0.1) is 0 Å². The molecule has 26 heavy (non-hydrogen) atoms. The van der Waals surface area contributed by atoms with Crippen molar-refractivity contribution in [2.75, 3.05) is 26.0 Å². The summed E-state index contributed by atoms with van der Waals surface area (Å²) in [6.45, 7) is 0.754. The summed E-state index contributed by atoms with van der Waals surface area (Å²) >= 11 is 1.69. The van der Waals surface area contributed by atoms with Crippen molar-refractivity contribution in [1.82, 2.24) is 10.2 Å². The van der Waals surface area contributed by atoms with E-state index in [9.17, 15) is 14.7 Å². The summed E-state index contributed by atoms with van der Waals surface area (Å²) in [5.41, 5.74) is 2.73. The van der Waals surface area contributed by atoms with Gasteiger partial charge in [0.15, 0.2) is 0 Å². The number of nitrogens with one attached hydrogen (secondary N) is 1. The largest absolute Gasteiger partial charge is 0.396 e. The number of hydrogen-bond donors (Lipinski definition) is 2. The summed E-state index contributed by atoms with van der Waals surface area (Å²) in [5, 5.41) is 11.9. The molecule has 0 aliphatic carbocycles. The highest BCUT2D eigenvalue weighted by Crippen LogP contribution is 2.30. The summed E-state index contributed by atoms with van der Waals surface area (Å²) < 4.78 is 0. The Morgan fingerprint density at radius 3 is 2.65 bits per heavy atom. The predicted octanol–water partition coefficient (Wildman–Crippen LogP) is 2.40. The average Bonchev–Trinajstić information content (AvgIpc) is 2.69. The number of aliphatic hydroxyl groups excluding tert-OH is 1. The molecule has 0 unspecified atom stereocenters. The molecule has 1 fully saturated rings. The minimum atomic E-state index is -0.613. The Bertz CT molecular complexity index is 792. The predicted molar refractivity (Wildman–Crippen MR) is 103 cm³/mol. The quantitative estimate of drug-likeness (QED) is 0.793. The van der Waals surface area contributed by atoms with Crippen LogP contribution in [0.5, 0.6) is 0 Å². The molecular weight excluding hydrogens is 348 g/mol. The highest BCUT2D eigenvalue weighted by molar-refractivity contribution is 7.98. The number of carbonyl (C=O) groups excluding carboxylic acids is 2. The zero-order chi connectivity index (χ0) is 18.5. The maximum absolute atomic E-state index is 12.9. The lowest BCUT2D eigenvalue weighted by molar-refractivity contribution is -0.128. The molecule has 1 atom stereocenters. The zero-order valence-corrected chi connectivity index (χ0v) is 15.5. The van der Waals surface area contributed by atoms with Crippen molar-refractivity contribution in [2.45, 2.75) is 17.4 Å². The van der Waals surface area contributed by atoms with Crippen molar-refractivity contribution in [3.05, 3.63) is 54.1 Å². The van der Waals surface area contributed by atoms with Crippen molar-refractivity contribution in [3.8, 4) is 11.1 Å². The van der Waals surface area contributed by atoms with E-state index in [0.717, 1.165) is 11.1 Å². The van der Waals surface area contributed by atoms with Crippen LogP contribution in [0.3, 0.4) is 0 Å². The van der Waals surface area contributed by atoms with Crippen molar-refractivity contribution in [3.63, 3.8) is 0 Å². The Labute approximate surface area is 157 Å². The summed E-state index contributed by atoms with van der Waals surface area (Å²) in [7, 11) is 0. The highest BCUT2D eigenvalue weighted by atomic mass is 32.2. The van der Waals surface area contributed by atoms with Gasteiger partial charge in [-0.05, 0) is 42.0 Å². The molecular formula is C20H22N2O3S. The van der Waals surface area contributed by atoms with Gasteiger partial charge in [-0.3, -0.25) is 9.59 Å². The van der Waals surface area contributed by atoms with E-state index in [-0.39, 0.29) is 24.8 Å². The molecule has 0 bridgehead atoms. The normalized spacial score (nSPS) is 17.1. The van der Waals surface area contributed by atoms with Gasteiger partial charge < -0.3 is 15.3 Å². The van der Waals surface area contributed by atoms with E-state index in [4.69, 9.17) is 0 Å². The second-order valence-electron chi connectivity index (χ2n) is 6.10. The summed E-state index contributed by atoms with van der Waals surface area (Å²) in [4.78, 5) is 27.6. The van der Waals surface area contributed by atoms with Gasteiger partial charge in [0.2, 0.25) is 5.91 Å². The van der Waals surface area contributed by atoms with E-state index < -0.39 is 6.04 Å². The van der Waals surface area contributed by atoms with E-state index in [1.807, 2.05) is 30.5 Å². The van der Waals surface area contributed by atoms with Gasteiger partial charge in [-0.1, -0.05) is 30.3 Å². The number of aliphatic hydroxyl groups is 1. The number of hydrogen-bond acceptors (Lipinski definition) is 4. The fourth-order valence-electron chi connectivity index (χ4n) is 3.21. The molecule has 2 N–H and O–H groups in total. The van der Waals surface area contributed by atoms with Crippen LogP contribution in [0, 0.1) is 0 Å². The highest BCUT2D eigenvalue weighted by Gasteiger charge is 2.32. The second-order valence-corrected chi connectivity index (χ2v) is 6.94. The Hall–Kier alpha value is -2.31. The van der Waals surface area contributed by atoms with Crippen LogP contribution in [0.25, 0.3) is 11.1 Å². The molecule has 2 aromatic carbocycles. The SMILES string of the molecule is CSc1ccccc1-c1ccc(C(=O)N2CCNC(=O)[C@@H]2CCO)cc1. The van der Waals surface area contributed by atoms with Crippen molar-refractivity contribution < 1.29 is 14.7 Å². The van der Waals surface area contributed by atoms with E-state index >= 15 is 0 Å². The van der Waals surface area contributed by atoms with Crippen LogP contribution in [0.2, 0.25) is 0 Å². The van der Waals surface area contributed by atoms with Gasteiger partial charge in [0, 0.05) is 30.2 Å². The summed E-state index contributed by atoms with van der Waals surface area (Å²) in [5.74, 6) is -0.382. The average molecular weight is 370 g/mol. The third-order valence-electron chi connectivity index (χ3n) is 4.54. The Balaban J connectivity index is 1.83. The number of benzene rings is 2. The van der Waals surface area contributed by atoms with Crippen LogP contribution >= 0.6 is 11.8 Å². The molecule has 6 heteroatoms. The van der Waals surface area contributed by atoms with Gasteiger partial charge in [-0.2, -0.15) is 0 Å². The first-order chi connectivity index (χ1) is 12.7. The summed E-state index contributed by atoms with van der Waals surface area (Å²) in [6, 6.07) is 15.0. The molecule has 5 nitrogen and oxygen atoms in total. The van der Waals surface area contributed by atoms with Crippen LogP contribution in [-0.2, 0) is 4.79 Å². The van der Waals surface area contributed by atoms with Gasteiger partial charge in [0.1, 0.15) is 6.04 Å². The molecule has 1 aliphatic heterocycles. The number of amides is 2. The van der Waals surface area contributed by atoms with Crippen LogP contribution < -0.4 is 5.32 Å². The first-order valence-electron chi connectivity index (χ1n) is 8.58. The topological polar surface area (TPSA) is 69.6 Å². The minimum absolute atomic E-state index is 0.133. The molecule has 0 radical (unpaired) electrons. The molecule has 2 aromatic rings. The number of rotatable bonds is 5. The fourth-order valence-corrected chi connectivity index (χ4v) is 3.83. The maximum atomic E-state index is 12.9. The van der Waals surface area contributed by atoms with E-state index in [2.05, 4.69) is 17.4 Å². The van der Waals surface area contributed by atoms with Crippen LogP contribution in [0.1, 0.15) is 16.8 Å². The van der Waals surface area contributed by atoms with Gasteiger partial charge in [-0.15, -0.1) is 11.8 Å². The zero-order valence-electron chi connectivity index (χ0n) is 14.6. The molecule has 0 aromatic heterocycles. The smallest absolute Gasteiger partial charge is 0.254 e. The molecule has 3 rings (SSSR count). The third kappa shape index (κ3) is 3.76. The van der Waals surface area contributed by atoms with Gasteiger partial charge in [-0.25, -0.2) is 0 Å². The molecule has 0 spiro atoms. The monoisotopic (exact) mass is 370 g/mol. The molecule has 2 amide bonds. The first kappa shape index (κ1) is 18.5. The van der Waals surface area contributed by atoms with Crippen LogP contribution in [-0.4, -0.2) is 53.8 Å². The number of thioether (sulfide) groups is 1. The number of nitrogens with zero attached hydrogens (tertiary/aromatic N) is 1. The lowest BCUT2D eigenvalue weighted by atomic mass is 10.0. The van der Waals surface area contributed by atoms with Crippen molar-refractivity contribution in [1.29, 1.82) is 0 Å². The molecule has 1 saturated heterocycles. The molecule has 136 valence electrons. The van der Waals surface area contributed by atoms with E-state index in [0.29, 0.717) is 18.7 Å². The van der Waals surface area contributed by atoms with Crippen molar-refractivity contribution >= 4 is 23.6 Å². The Morgan fingerprint density at radius 1 is 1.23 bits per heavy atom. The third-order valence-corrected chi connectivity index (χ3v) is 5.34. The minimum Gasteiger partial charge on any atom is -0.396 e. The molecule has 0 saturated carbocycles. The van der Waals surface area contributed by atoms with Gasteiger partial charge >= 0.3 is 0 Å². The number of piperazine rings is 1. The lowest BCUT2D eigenvalue weighted by Crippen LogP contribution is -2.57.